The highest BCUT2D eigenvalue weighted by atomic mass is 16.1. The van der Waals surface area contributed by atoms with Crippen molar-refractivity contribution in [1.82, 2.24) is 9.88 Å². The lowest BCUT2D eigenvalue weighted by molar-refractivity contribution is 0.0336. The lowest BCUT2D eigenvalue weighted by Gasteiger charge is -2.46. The SMILES string of the molecule is Cc1ccc(C(=O)C2CC3CCCC(C2)N3C)nc1. The summed E-state index contributed by atoms with van der Waals surface area (Å²) in [6, 6.07) is 5.07. The molecular formula is C16H22N2O. The van der Waals surface area contributed by atoms with Crippen LogP contribution in [0.3, 0.4) is 0 Å². The van der Waals surface area contributed by atoms with Gasteiger partial charge in [0.05, 0.1) is 0 Å². The molecule has 3 rings (SSSR count). The Labute approximate surface area is 115 Å². The largest absolute Gasteiger partial charge is 0.300 e. The highest BCUT2D eigenvalue weighted by molar-refractivity contribution is 5.96. The molecule has 2 unspecified atom stereocenters. The van der Waals surface area contributed by atoms with E-state index in [4.69, 9.17) is 0 Å². The van der Waals surface area contributed by atoms with Gasteiger partial charge in [0, 0.05) is 24.2 Å². The molecule has 2 saturated heterocycles. The van der Waals surface area contributed by atoms with Crippen molar-refractivity contribution in [2.24, 2.45) is 5.92 Å². The summed E-state index contributed by atoms with van der Waals surface area (Å²) in [6.07, 6.45) is 7.64. The van der Waals surface area contributed by atoms with Gasteiger partial charge in [0.2, 0.25) is 0 Å². The van der Waals surface area contributed by atoms with E-state index in [9.17, 15) is 4.79 Å². The van der Waals surface area contributed by atoms with Crippen LogP contribution >= 0.6 is 0 Å². The number of piperidine rings is 2. The van der Waals surface area contributed by atoms with Crippen molar-refractivity contribution in [3.8, 4) is 0 Å². The Morgan fingerprint density at radius 1 is 1.26 bits per heavy atom. The van der Waals surface area contributed by atoms with Gasteiger partial charge in [-0.05, 0) is 51.3 Å². The van der Waals surface area contributed by atoms with E-state index in [1.54, 1.807) is 6.20 Å². The molecule has 1 aromatic heterocycles. The number of rotatable bonds is 2. The van der Waals surface area contributed by atoms with Crippen molar-refractivity contribution in [1.29, 1.82) is 0 Å². The van der Waals surface area contributed by atoms with E-state index in [1.165, 1.54) is 19.3 Å². The molecule has 0 saturated carbocycles. The summed E-state index contributed by atoms with van der Waals surface area (Å²) >= 11 is 0. The number of pyridine rings is 1. The first kappa shape index (κ1) is 12.8. The summed E-state index contributed by atoms with van der Waals surface area (Å²) in [5.74, 6) is 0.437. The Hall–Kier alpha value is -1.22. The Balaban J connectivity index is 1.76. The molecule has 19 heavy (non-hydrogen) atoms. The molecule has 0 aliphatic carbocycles. The maximum atomic E-state index is 12.6. The Bertz CT molecular complexity index is 454. The van der Waals surface area contributed by atoms with Gasteiger partial charge in [-0.3, -0.25) is 9.78 Å². The number of carbonyl (C=O) groups is 1. The van der Waals surface area contributed by atoms with Crippen LogP contribution in [0, 0.1) is 12.8 Å². The topological polar surface area (TPSA) is 33.2 Å². The number of hydrogen-bond acceptors (Lipinski definition) is 3. The Morgan fingerprint density at radius 3 is 2.53 bits per heavy atom. The van der Waals surface area contributed by atoms with Crippen molar-refractivity contribution in [2.45, 2.75) is 51.1 Å². The zero-order valence-electron chi connectivity index (χ0n) is 11.8. The van der Waals surface area contributed by atoms with Crippen LogP contribution in [-0.4, -0.2) is 34.8 Å². The number of aryl methyl sites for hydroxylation is 1. The molecule has 3 heteroatoms. The minimum absolute atomic E-state index is 0.182. The highest BCUT2D eigenvalue weighted by Crippen LogP contribution is 2.36. The zero-order valence-corrected chi connectivity index (χ0v) is 11.8. The van der Waals surface area contributed by atoms with E-state index in [1.807, 2.05) is 19.1 Å². The van der Waals surface area contributed by atoms with E-state index >= 15 is 0 Å². The molecule has 0 N–H and O–H groups in total. The van der Waals surface area contributed by atoms with Crippen molar-refractivity contribution in [2.75, 3.05) is 7.05 Å². The second-order valence-corrected chi connectivity index (χ2v) is 6.16. The van der Waals surface area contributed by atoms with E-state index in [2.05, 4.69) is 16.9 Å². The first-order valence-electron chi connectivity index (χ1n) is 7.34. The van der Waals surface area contributed by atoms with Crippen LogP contribution in [0.15, 0.2) is 18.3 Å². The highest BCUT2D eigenvalue weighted by Gasteiger charge is 2.39. The molecule has 1 aromatic rings. The number of nitrogens with zero attached hydrogens (tertiary/aromatic N) is 2. The van der Waals surface area contributed by atoms with Crippen LogP contribution in [0.25, 0.3) is 0 Å². The normalized spacial score (nSPS) is 31.2. The number of Topliss-reactive ketones (excluding diaryl/α,β-unsaturated/α-hetero) is 1. The van der Waals surface area contributed by atoms with Crippen molar-refractivity contribution in [3.63, 3.8) is 0 Å². The summed E-state index contributed by atoms with van der Waals surface area (Å²) < 4.78 is 0. The third kappa shape index (κ3) is 2.44. The number of carbonyl (C=O) groups excluding carboxylic acids is 1. The van der Waals surface area contributed by atoms with Gasteiger partial charge in [0.1, 0.15) is 5.69 Å². The summed E-state index contributed by atoms with van der Waals surface area (Å²) in [5, 5.41) is 0. The summed E-state index contributed by atoms with van der Waals surface area (Å²) in [5.41, 5.74) is 1.76. The van der Waals surface area contributed by atoms with Gasteiger partial charge in [0.15, 0.2) is 5.78 Å². The van der Waals surface area contributed by atoms with E-state index in [0.717, 1.165) is 18.4 Å². The van der Waals surface area contributed by atoms with Crippen LogP contribution in [0.1, 0.15) is 48.2 Å². The molecule has 2 atom stereocenters. The number of fused-ring (bicyclic) bond motifs is 2. The second-order valence-electron chi connectivity index (χ2n) is 6.16. The van der Waals surface area contributed by atoms with E-state index in [-0.39, 0.29) is 11.7 Å². The monoisotopic (exact) mass is 258 g/mol. The molecule has 0 aromatic carbocycles. The minimum Gasteiger partial charge on any atom is -0.300 e. The molecule has 0 amide bonds. The lowest BCUT2D eigenvalue weighted by Crippen LogP contribution is -2.51. The third-order valence-corrected chi connectivity index (χ3v) is 4.87. The van der Waals surface area contributed by atoms with Gasteiger partial charge in [-0.1, -0.05) is 12.5 Å². The fraction of sp³-hybridized carbons (Fsp3) is 0.625. The van der Waals surface area contributed by atoms with Crippen molar-refractivity contribution in [3.05, 3.63) is 29.6 Å². The van der Waals surface area contributed by atoms with Crippen LogP contribution < -0.4 is 0 Å². The van der Waals surface area contributed by atoms with Crippen LogP contribution in [0.5, 0.6) is 0 Å². The average Bonchev–Trinajstić information content (AvgIpc) is 2.38. The quantitative estimate of drug-likeness (QED) is 0.765. The van der Waals surface area contributed by atoms with Crippen molar-refractivity contribution < 1.29 is 4.79 Å². The summed E-state index contributed by atoms with van der Waals surface area (Å²) in [4.78, 5) is 19.4. The predicted molar refractivity (Wildman–Crippen MR) is 75.2 cm³/mol. The predicted octanol–water partition coefficient (Wildman–Crippen LogP) is 2.84. The van der Waals surface area contributed by atoms with Gasteiger partial charge >= 0.3 is 0 Å². The van der Waals surface area contributed by atoms with Gasteiger partial charge < -0.3 is 4.90 Å². The zero-order chi connectivity index (χ0) is 13.4. The van der Waals surface area contributed by atoms with Gasteiger partial charge in [0.25, 0.3) is 0 Å². The summed E-state index contributed by atoms with van der Waals surface area (Å²) in [7, 11) is 2.22. The molecule has 3 nitrogen and oxygen atoms in total. The molecule has 2 bridgehead atoms. The van der Waals surface area contributed by atoms with Crippen LogP contribution in [0.4, 0.5) is 0 Å². The molecule has 2 fully saturated rings. The molecule has 3 heterocycles. The van der Waals surface area contributed by atoms with Gasteiger partial charge in [-0.15, -0.1) is 0 Å². The summed E-state index contributed by atoms with van der Waals surface area (Å²) in [6.45, 7) is 2.00. The van der Waals surface area contributed by atoms with E-state index in [0.29, 0.717) is 17.8 Å². The average molecular weight is 258 g/mol. The van der Waals surface area contributed by atoms with Gasteiger partial charge in [-0.25, -0.2) is 0 Å². The molecule has 2 aliphatic rings. The molecule has 2 aliphatic heterocycles. The maximum Gasteiger partial charge on any atom is 0.184 e. The number of ketones is 1. The lowest BCUT2D eigenvalue weighted by atomic mass is 9.76. The Kier molecular flexibility index (Phi) is 3.40. The van der Waals surface area contributed by atoms with Crippen molar-refractivity contribution >= 4 is 5.78 Å². The Morgan fingerprint density at radius 2 is 1.95 bits per heavy atom. The first-order chi connectivity index (χ1) is 9.15. The fourth-order valence-electron chi connectivity index (χ4n) is 3.65. The second kappa shape index (κ2) is 5.04. The maximum absolute atomic E-state index is 12.6. The van der Waals surface area contributed by atoms with Crippen LogP contribution in [-0.2, 0) is 0 Å². The minimum atomic E-state index is 0.182. The molecule has 102 valence electrons. The first-order valence-corrected chi connectivity index (χ1v) is 7.34. The fourth-order valence-corrected chi connectivity index (χ4v) is 3.65. The van der Waals surface area contributed by atoms with Crippen LogP contribution in [0.2, 0.25) is 0 Å². The van der Waals surface area contributed by atoms with E-state index < -0.39 is 0 Å². The number of hydrogen-bond donors (Lipinski definition) is 0. The molecular weight excluding hydrogens is 236 g/mol. The number of aromatic nitrogens is 1. The molecule has 0 radical (unpaired) electrons. The third-order valence-electron chi connectivity index (χ3n) is 4.87. The molecule has 0 spiro atoms. The smallest absolute Gasteiger partial charge is 0.184 e. The van der Waals surface area contributed by atoms with Gasteiger partial charge in [-0.2, -0.15) is 0 Å². The standard InChI is InChI=1S/C16H22N2O/c1-11-6-7-15(17-10-11)16(19)12-8-13-4-3-5-14(9-12)18(13)2/h6-7,10,12-14H,3-5,8-9H2,1-2H3.